The average molecular weight is 446 g/mol. The summed E-state index contributed by atoms with van der Waals surface area (Å²) in [5, 5.41) is 2.74. The maximum atomic E-state index is 12.7. The predicted octanol–water partition coefficient (Wildman–Crippen LogP) is 1.60. The second-order valence-electron chi connectivity index (χ2n) is 6.99. The summed E-state index contributed by atoms with van der Waals surface area (Å²) in [5.41, 5.74) is 0.712. The molecule has 3 aromatic rings. The predicted molar refractivity (Wildman–Crippen MR) is 112 cm³/mol. The third kappa shape index (κ3) is 4.79. The van der Waals surface area contributed by atoms with Crippen LogP contribution < -0.4 is 10.1 Å². The van der Waals surface area contributed by atoms with Gasteiger partial charge in [0.05, 0.1) is 13.2 Å². The average Bonchev–Trinajstić information content (AvgIpc) is 3.44. The Bertz CT molecular complexity index is 1150. The number of aromatic amines is 1. The number of sulfonamides is 1. The molecule has 1 aliphatic heterocycles. The number of aromatic nitrogens is 3. The minimum atomic E-state index is -3.66. The second-order valence-corrected chi connectivity index (χ2v) is 8.93. The van der Waals surface area contributed by atoms with Gasteiger partial charge in [0.2, 0.25) is 10.0 Å². The van der Waals surface area contributed by atoms with Crippen molar-refractivity contribution in [3.63, 3.8) is 0 Å². The van der Waals surface area contributed by atoms with E-state index in [2.05, 4.69) is 15.3 Å². The lowest BCUT2D eigenvalue weighted by atomic mass is 10.3. The Labute approximate surface area is 179 Å². The first-order valence-corrected chi connectivity index (χ1v) is 11.1. The van der Waals surface area contributed by atoms with Crippen LogP contribution in [0.25, 0.3) is 0 Å². The number of rotatable bonds is 7. The number of morpholine rings is 1. The van der Waals surface area contributed by atoms with Gasteiger partial charge in [-0.05, 0) is 30.3 Å². The van der Waals surface area contributed by atoms with Crippen LogP contribution in [-0.2, 0) is 28.4 Å². The van der Waals surface area contributed by atoms with E-state index in [0.29, 0.717) is 44.3 Å². The topological polar surface area (TPSA) is 119 Å². The van der Waals surface area contributed by atoms with Gasteiger partial charge in [-0.15, -0.1) is 0 Å². The number of nitrogens with one attached hydrogen (secondary N) is 2. The molecule has 2 N–H and O–H groups in total. The highest BCUT2D eigenvalue weighted by atomic mass is 32.2. The van der Waals surface area contributed by atoms with Crippen molar-refractivity contribution < 1.29 is 22.7 Å². The van der Waals surface area contributed by atoms with Crippen LogP contribution in [0.1, 0.15) is 16.3 Å². The smallest absolute Gasteiger partial charge is 0.272 e. The lowest BCUT2D eigenvalue weighted by Gasteiger charge is -2.25. The molecule has 11 heteroatoms. The van der Waals surface area contributed by atoms with Gasteiger partial charge < -0.3 is 24.3 Å². The van der Waals surface area contributed by atoms with Crippen LogP contribution in [0.2, 0.25) is 0 Å². The normalized spacial score (nSPS) is 15.0. The fourth-order valence-electron chi connectivity index (χ4n) is 3.11. The molecule has 1 fully saturated rings. The van der Waals surface area contributed by atoms with E-state index in [1.54, 1.807) is 30.5 Å². The third-order valence-corrected chi connectivity index (χ3v) is 6.79. The number of carbonyl (C=O) groups is 1. The number of amides is 1. The maximum Gasteiger partial charge on any atom is 0.272 e. The van der Waals surface area contributed by atoms with E-state index in [-0.39, 0.29) is 10.6 Å². The highest BCUT2D eigenvalue weighted by Gasteiger charge is 2.28. The number of benzene rings is 1. The monoisotopic (exact) mass is 445 g/mol. The van der Waals surface area contributed by atoms with E-state index in [1.807, 2.05) is 17.8 Å². The van der Waals surface area contributed by atoms with Gasteiger partial charge in [0.15, 0.2) is 0 Å². The Hall–Kier alpha value is -3.15. The van der Waals surface area contributed by atoms with Crippen LogP contribution in [0.5, 0.6) is 5.75 Å². The number of hydrogen-bond acceptors (Lipinski definition) is 6. The fraction of sp³-hybridized carbons (Fsp3) is 0.300. The Kier molecular flexibility index (Phi) is 6.07. The van der Waals surface area contributed by atoms with E-state index in [4.69, 9.17) is 9.47 Å². The molecule has 3 heterocycles. The molecule has 4 rings (SSSR count). The molecule has 0 atom stereocenters. The van der Waals surface area contributed by atoms with E-state index in [0.717, 1.165) is 5.82 Å². The molecule has 0 aliphatic carbocycles. The van der Waals surface area contributed by atoms with Crippen LogP contribution in [0.4, 0.5) is 5.69 Å². The summed E-state index contributed by atoms with van der Waals surface area (Å²) in [6.45, 7) is 1.64. The van der Waals surface area contributed by atoms with Crippen LogP contribution in [0.15, 0.2) is 53.8 Å². The van der Waals surface area contributed by atoms with E-state index < -0.39 is 15.9 Å². The Morgan fingerprint density at radius 2 is 2.00 bits per heavy atom. The number of nitrogens with zero attached hydrogens (tertiary/aromatic N) is 3. The van der Waals surface area contributed by atoms with Gasteiger partial charge in [-0.2, -0.15) is 4.31 Å². The van der Waals surface area contributed by atoms with Crippen molar-refractivity contribution in [1.29, 1.82) is 0 Å². The molecule has 1 aliphatic rings. The minimum Gasteiger partial charge on any atom is -0.486 e. The summed E-state index contributed by atoms with van der Waals surface area (Å²) in [6.07, 6.45) is 4.87. The van der Waals surface area contributed by atoms with Crippen molar-refractivity contribution in [3.8, 4) is 5.75 Å². The van der Waals surface area contributed by atoms with E-state index in [9.17, 15) is 13.2 Å². The van der Waals surface area contributed by atoms with Gasteiger partial charge in [-0.25, -0.2) is 13.4 Å². The van der Waals surface area contributed by atoms with Crippen LogP contribution in [0, 0.1) is 0 Å². The van der Waals surface area contributed by atoms with Crippen LogP contribution in [-0.4, -0.2) is 59.5 Å². The SMILES string of the molecule is Cn1ccnc1COc1ccc(NC(=O)c2cc(S(=O)(=O)N3CCOCC3)c[nH]2)cc1. The van der Waals surface area contributed by atoms with Crippen molar-refractivity contribution in [2.45, 2.75) is 11.5 Å². The summed E-state index contributed by atoms with van der Waals surface area (Å²) in [4.78, 5) is 19.5. The van der Waals surface area contributed by atoms with Crippen molar-refractivity contribution in [3.05, 3.63) is 60.4 Å². The van der Waals surface area contributed by atoms with Crippen molar-refractivity contribution in [1.82, 2.24) is 18.8 Å². The molecule has 10 nitrogen and oxygen atoms in total. The van der Waals surface area contributed by atoms with Gasteiger partial charge in [0.1, 0.15) is 28.8 Å². The van der Waals surface area contributed by atoms with E-state index in [1.165, 1.54) is 16.6 Å². The number of carbonyl (C=O) groups excluding carboxylic acids is 1. The zero-order valence-corrected chi connectivity index (χ0v) is 17.8. The molecule has 164 valence electrons. The first-order chi connectivity index (χ1) is 14.9. The Balaban J connectivity index is 1.37. The lowest BCUT2D eigenvalue weighted by Crippen LogP contribution is -2.40. The molecular formula is C20H23N5O5S. The molecule has 0 radical (unpaired) electrons. The van der Waals surface area contributed by atoms with Crippen LogP contribution in [0.3, 0.4) is 0 Å². The zero-order valence-electron chi connectivity index (χ0n) is 16.9. The molecule has 1 amide bonds. The Morgan fingerprint density at radius 3 is 2.68 bits per heavy atom. The molecule has 0 bridgehead atoms. The van der Waals surface area contributed by atoms with Crippen molar-refractivity contribution in [2.24, 2.45) is 7.05 Å². The number of imidazole rings is 1. The molecule has 1 aromatic carbocycles. The van der Waals surface area contributed by atoms with Gasteiger partial charge in [0, 0.05) is 44.4 Å². The van der Waals surface area contributed by atoms with Gasteiger partial charge in [0.25, 0.3) is 5.91 Å². The van der Waals surface area contributed by atoms with Gasteiger partial charge >= 0.3 is 0 Å². The minimum absolute atomic E-state index is 0.0533. The number of hydrogen-bond donors (Lipinski definition) is 2. The summed E-state index contributed by atoms with van der Waals surface area (Å²) < 4.78 is 39.5. The third-order valence-electron chi connectivity index (χ3n) is 4.91. The highest BCUT2D eigenvalue weighted by molar-refractivity contribution is 7.89. The molecule has 31 heavy (non-hydrogen) atoms. The number of H-pyrrole nitrogens is 1. The van der Waals surface area contributed by atoms with E-state index >= 15 is 0 Å². The maximum absolute atomic E-state index is 12.7. The quantitative estimate of drug-likeness (QED) is 0.570. The number of anilines is 1. The number of aryl methyl sites for hydroxylation is 1. The lowest BCUT2D eigenvalue weighted by molar-refractivity contribution is 0.0730. The van der Waals surface area contributed by atoms with Crippen molar-refractivity contribution in [2.75, 3.05) is 31.6 Å². The molecular weight excluding hydrogens is 422 g/mol. The fourth-order valence-corrected chi connectivity index (χ4v) is 4.51. The van der Waals surface area contributed by atoms with Gasteiger partial charge in [-0.3, -0.25) is 4.79 Å². The highest BCUT2D eigenvalue weighted by Crippen LogP contribution is 2.20. The summed E-state index contributed by atoms with van der Waals surface area (Å²) >= 11 is 0. The largest absolute Gasteiger partial charge is 0.486 e. The summed E-state index contributed by atoms with van der Waals surface area (Å²) in [5.74, 6) is 0.997. The zero-order chi connectivity index (χ0) is 21.8. The van der Waals surface area contributed by atoms with Crippen LogP contribution >= 0.6 is 0 Å². The standard InChI is InChI=1S/C20H23N5O5S/c1-24-7-6-21-19(24)14-30-16-4-2-15(3-5-16)23-20(26)18-12-17(13-22-18)31(27,28)25-8-10-29-11-9-25/h2-7,12-13,22H,8-11,14H2,1H3,(H,23,26). The summed E-state index contributed by atoms with van der Waals surface area (Å²) in [6, 6.07) is 8.23. The molecule has 0 saturated carbocycles. The first kappa shape index (κ1) is 21.1. The first-order valence-electron chi connectivity index (χ1n) is 9.70. The molecule has 1 saturated heterocycles. The second kappa shape index (κ2) is 8.92. The molecule has 2 aromatic heterocycles. The summed E-state index contributed by atoms with van der Waals surface area (Å²) in [7, 11) is -1.77. The molecule has 0 unspecified atom stereocenters. The van der Waals surface area contributed by atoms with Crippen molar-refractivity contribution >= 4 is 21.6 Å². The Morgan fingerprint density at radius 1 is 1.26 bits per heavy atom. The number of ether oxygens (including phenoxy) is 2. The van der Waals surface area contributed by atoms with Gasteiger partial charge in [-0.1, -0.05) is 0 Å². The molecule has 0 spiro atoms.